The molecular weight excluding hydrogens is 262 g/mol. The van der Waals surface area contributed by atoms with Crippen molar-refractivity contribution >= 4 is 23.4 Å². The van der Waals surface area contributed by atoms with E-state index in [1.165, 1.54) is 11.8 Å². The summed E-state index contributed by atoms with van der Waals surface area (Å²) in [5.74, 6) is 1.13. The fourth-order valence-electron chi connectivity index (χ4n) is 1.49. The van der Waals surface area contributed by atoms with E-state index in [4.69, 9.17) is 4.42 Å². The SMILES string of the molecule is Cc1nnc(SCCC(=O)Nc2ccccc2C)o1. The second-order valence-electron chi connectivity index (χ2n) is 4.05. The van der Waals surface area contributed by atoms with Crippen LogP contribution in [0.5, 0.6) is 0 Å². The number of thioether (sulfide) groups is 1. The minimum Gasteiger partial charge on any atom is -0.416 e. The van der Waals surface area contributed by atoms with Crippen LogP contribution < -0.4 is 5.32 Å². The van der Waals surface area contributed by atoms with E-state index >= 15 is 0 Å². The maximum absolute atomic E-state index is 11.8. The lowest BCUT2D eigenvalue weighted by Crippen LogP contribution is -2.12. The lowest BCUT2D eigenvalue weighted by Gasteiger charge is -2.07. The molecule has 0 atom stereocenters. The highest BCUT2D eigenvalue weighted by Gasteiger charge is 2.07. The molecule has 6 heteroatoms. The first kappa shape index (κ1) is 13.6. The Morgan fingerprint density at radius 2 is 2.11 bits per heavy atom. The average molecular weight is 277 g/mol. The molecule has 1 aromatic heterocycles. The summed E-state index contributed by atoms with van der Waals surface area (Å²) in [6, 6.07) is 7.70. The van der Waals surface area contributed by atoms with Crippen LogP contribution in [0.25, 0.3) is 0 Å². The summed E-state index contributed by atoms with van der Waals surface area (Å²) in [4.78, 5) is 11.8. The van der Waals surface area contributed by atoms with Crippen molar-refractivity contribution < 1.29 is 9.21 Å². The molecule has 0 saturated carbocycles. The van der Waals surface area contributed by atoms with Crippen molar-refractivity contribution in [1.29, 1.82) is 0 Å². The molecule has 0 aliphatic carbocycles. The number of aryl methyl sites for hydroxylation is 2. The van der Waals surface area contributed by atoms with Gasteiger partial charge in [-0.1, -0.05) is 30.0 Å². The van der Waals surface area contributed by atoms with Gasteiger partial charge in [-0.25, -0.2) is 0 Å². The lowest BCUT2D eigenvalue weighted by molar-refractivity contribution is -0.115. The van der Waals surface area contributed by atoms with Gasteiger partial charge in [0.25, 0.3) is 5.22 Å². The maximum Gasteiger partial charge on any atom is 0.276 e. The van der Waals surface area contributed by atoms with Crippen molar-refractivity contribution in [3.05, 3.63) is 35.7 Å². The molecule has 1 heterocycles. The summed E-state index contributed by atoms with van der Waals surface area (Å²) >= 11 is 1.38. The zero-order valence-electron chi connectivity index (χ0n) is 10.8. The van der Waals surface area contributed by atoms with Crippen LogP contribution in [0.15, 0.2) is 33.9 Å². The Bertz CT molecular complexity index is 569. The highest BCUT2D eigenvalue weighted by Crippen LogP contribution is 2.17. The number of nitrogens with zero attached hydrogens (tertiary/aromatic N) is 2. The van der Waals surface area contributed by atoms with E-state index in [1.54, 1.807) is 6.92 Å². The van der Waals surface area contributed by atoms with Gasteiger partial charge >= 0.3 is 0 Å². The van der Waals surface area contributed by atoms with Gasteiger partial charge in [0.2, 0.25) is 11.8 Å². The summed E-state index contributed by atoms with van der Waals surface area (Å²) in [6.45, 7) is 3.70. The van der Waals surface area contributed by atoms with Gasteiger partial charge in [-0.15, -0.1) is 10.2 Å². The highest BCUT2D eigenvalue weighted by atomic mass is 32.2. The van der Waals surface area contributed by atoms with Crippen molar-refractivity contribution in [2.45, 2.75) is 25.5 Å². The molecule has 0 aliphatic heterocycles. The summed E-state index contributed by atoms with van der Waals surface area (Å²) in [7, 11) is 0. The van der Waals surface area contributed by atoms with Crippen LogP contribution in [0.3, 0.4) is 0 Å². The van der Waals surface area contributed by atoms with Crippen molar-refractivity contribution in [2.75, 3.05) is 11.1 Å². The summed E-state index contributed by atoms with van der Waals surface area (Å²) in [5.41, 5.74) is 1.90. The van der Waals surface area contributed by atoms with Gasteiger partial charge in [0.15, 0.2) is 0 Å². The number of carbonyl (C=O) groups is 1. The molecule has 0 fully saturated rings. The number of aromatic nitrogens is 2. The van der Waals surface area contributed by atoms with Crippen LogP contribution in [0, 0.1) is 13.8 Å². The predicted molar refractivity (Wildman–Crippen MR) is 74.2 cm³/mol. The minimum atomic E-state index is -0.0157. The molecule has 0 radical (unpaired) electrons. The molecular formula is C13H15N3O2S. The number of anilines is 1. The van der Waals surface area contributed by atoms with Gasteiger partial charge in [-0.2, -0.15) is 0 Å². The molecule has 2 aromatic rings. The van der Waals surface area contributed by atoms with Crippen molar-refractivity contribution in [3.63, 3.8) is 0 Å². The van der Waals surface area contributed by atoms with Crippen LogP contribution >= 0.6 is 11.8 Å². The van der Waals surface area contributed by atoms with E-state index in [0.717, 1.165) is 11.3 Å². The lowest BCUT2D eigenvalue weighted by atomic mass is 10.2. The zero-order chi connectivity index (χ0) is 13.7. The Balaban J connectivity index is 1.77. The molecule has 100 valence electrons. The smallest absolute Gasteiger partial charge is 0.276 e. The van der Waals surface area contributed by atoms with Gasteiger partial charge < -0.3 is 9.73 Å². The quantitative estimate of drug-likeness (QED) is 0.851. The monoisotopic (exact) mass is 277 g/mol. The molecule has 1 N–H and O–H groups in total. The number of benzene rings is 1. The Morgan fingerprint density at radius 1 is 1.32 bits per heavy atom. The molecule has 0 aliphatic rings. The molecule has 19 heavy (non-hydrogen) atoms. The van der Waals surface area contributed by atoms with Gasteiger partial charge in [0, 0.05) is 24.8 Å². The van der Waals surface area contributed by atoms with E-state index in [2.05, 4.69) is 15.5 Å². The van der Waals surface area contributed by atoms with E-state index < -0.39 is 0 Å². The molecule has 0 unspecified atom stereocenters. The summed E-state index contributed by atoms with van der Waals surface area (Å²) in [5, 5.41) is 11.0. The third-order valence-electron chi connectivity index (χ3n) is 2.48. The topological polar surface area (TPSA) is 68.0 Å². The Kier molecular flexibility index (Phi) is 4.57. The minimum absolute atomic E-state index is 0.0157. The third kappa shape index (κ3) is 4.10. The van der Waals surface area contributed by atoms with Crippen LogP contribution in [-0.4, -0.2) is 21.9 Å². The van der Waals surface area contributed by atoms with E-state index in [0.29, 0.717) is 23.3 Å². The van der Waals surface area contributed by atoms with Crippen molar-refractivity contribution in [3.8, 4) is 0 Å². The Morgan fingerprint density at radius 3 is 2.79 bits per heavy atom. The van der Waals surface area contributed by atoms with Crippen LogP contribution in [0.4, 0.5) is 5.69 Å². The summed E-state index contributed by atoms with van der Waals surface area (Å²) < 4.78 is 5.21. The first-order valence-corrected chi connectivity index (χ1v) is 6.92. The zero-order valence-corrected chi connectivity index (χ0v) is 11.7. The van der Waals surface area contributed by atoms with E-state index in [-0.39, 0.29) is 5.91 Å². The Hall–Kier alpha value is -1.82. The molecule has 0 spiro atoms. The highest BCUT2D eigenvalue weighted by molar-refractivity contribution is 7.99. The number of nitrogens with one attached hydrogen (secondary N) is 1. The van der Waals surface area contributed by atoms with Crippen molar-refractivity contribution in [1.82, 2.24) is 10.2 Å². The first-order valence-electron chi connectivity index (χ1n) is 5.93. The number of carbonyl (C=O) groups excluding carboxylic acids is 1. The number of rotatable bonds is 5. The Labute approximate surface area is 115 Å². The molecule has 1 amide bonds. The third-order valence-corrected chi connectivity index (χ3v) is 3.30. The fraction of sp³-hybridized carbons (Fsp3) is 0.308. The van der Waals surface area contributed by atoms with Gasteiger partial charge in [-0.05, 0) is 18.6 Å². The molecule has 2 rings (SSSR count). The van der Waals surface area contributed by atoms with Crippen LogP contribution in [0.1, 0.15) is 17.9 Å². The first-order chi connectivity index (χ1) is 9.15. The van der Waals surface area contributed by atoms with Gasteiger partial charge in [0.05, 0.1) is 0 Å². The second-order valence-corrected chi connectivity index (χ2v) is 5.09. The number of hydrogen-bond acceptors (Lipinski definition) is 5. The van der Waals surface area contributed by atoms with Gasteiger partial charge in [-0.3, -0.25) is 4.79 Å². The average Bonchev–Trinajstić information content (AvgIpc) is 2.78. The number of hydrogen-bond donors (Lipinski definition) is 1. The standard InChI is InChI=1S/C13H15N3O2S/c1-9-5-3-4-6-11(9)14-12(17)7-8-19-13-16-15-10(2)18-13/h3-6H,7-8H2,1-2H3,(H,14,17). The van der Waals surface area contributed by atoms with E-state index in [1.807, 2.05) is 31.2 Å². The summed E-state index contributed by atoms with van der Waals surface area (Å²) in [6.07, 6.45) is 0.403. The molecule has 1 aromatic carbocycles. The predicted octanol–water partition coefficient (Wildman–Crippen LogP) is 2.81. The second kappa shape index (κ2) is 6.38. The largest absolute Gasteiger partial charge is 0.416 e. The number of para-hydroxylation sites is 1. The van der Waals surface area contributed by atoms with Crippen LogP contribution in [0.2, 0.25) is 0 Å². The normalized spacial score (nSPS) is 10.4. The molecule has 0 bridgehead atoms. The van der Waals surface area contributed by atoms with Gasteiger partial charge in [0.1, 0.15) is 0 Å². The van der Waals surface area contributed by atoms with Crippen LogP contribution in [-0.2, 0) is 4.79 Å². The van der Waals surface area contributed by atoms with E-state index in [9.17, 15) is 4.79 Å². The fourth-order valence-corrected chi connectivity index (χ4v) is 2.23. The van der Waals surface area contributed by atoms with Crippen molar-refractivity contribution in [2.24, 2.45) is 0 Å². The maximum atomic E-state index is 11.8. The molecule has 0 saturated heterocycles. The number of amides is 1. The molecule has 5 nitrogen and oxygen atoms in total.